The molecule has 0 radical (unpaired) electrons. The molecule has 0 aliphatic heterocycles. The van der Waals surface area contributed by atoms with Crippen molar-refractivity contribution in [1.29, 1.82) is 0 Å². The standard InChI is InChI=1S/C17H23NOS/c1-13-6-7-14(2)17(15(13)3)19-11-10-18-9-8-16-5-4-12-20-16/h4-7,12,18H,8-11H2,1-3H3. The molecule has 0 saturated carbocycles. The fourth-order valence-electron chi connectivity index (χ4n) is 2.16. The van der Waals surface area contributed by atoms with Gasteiger partial charge in [-0.25, -0.2) is 0 Å². The number of hydrogen-bond donors (Lipinski definition) is 1. The van der Waals surface area contributed by atoms with Crippen LogP contribution in [0.1, 0.15) is 21.6 Å². The lowest BCUT2D eigenvalue weighted by molar-refractivity contribution is 0.310. The first-order valence-electron chi connectivity index (χ1n) is 7.11. The van der Waals surface area contributed by atoms with Crippen LogP contribution in [0.5, 0.6) is 5.75 Å². The Morgan fingerprint density at radius 3 is 2.60 bits per heavy atom. The smallest absolute Gasteiger partial charge is 0.125 e. The lowest BCUT2D eigenvalue weighted by Crippen LogP contribution is -2.23. The molecule has 0 atom stereocenters. The largest absolute Gasteiger partial charge is 0.492 e. The molecule has 0 aliphatic rings. The van der Waals surface area contributed by atoms with E-state index in [0.717, 1.165) is 31.9 Å². The van der Waals surface area contributed by atoms with Gasteiger partial charge in [0, 0.05) is 18.0 Å². The highest BCUT2D eigenvalue weighted by Crippen LogP contribution is 2.25. The molecule has 1 heterocycles. The molecule has 20 heavy (non-hydrogen) atoms. The van der Waals surface area contributed by atoms with Crippen LogP contribution in [-0.4, -0.2) is 19.7 Å². The number of benzene rings is 1. The summed E-state index contributed by atoms with van der Waals surface area (Å²) in [6.45, 7) is 8.97. The Labute approximate surface area is 125 Å². The maximum atomic E-state index is 5.93. The zero-order valence-electron chi connectivity index (χ0n) is 12.5. The summed E-state index contributed by atoms with van der Waals surface area (Å²) in [5.74, 6) is 1.05. The van der Waals surface area contributed by atoms with Crippen molar-refractivity contribution in [3.63, 3.8) is 0 Å². The molecule has 1 aromatic heterocycles. The van der Waals surface area contributed by atoms with Crippen LogP contribution in [0.15, 0.2) is 29.6 Å². The van der Waals surface area contributed by atoms with E-state index < -0.39 is 0 Å². The predicted octanol–water partition coefficient (Wildman–Crippen LogP) is 3.88. The lowest BCUT2D eigenvalue weighted by atomic mass is 10.1. The van der Waals surface area contributed by atoms with Gasteiger partial charge in [0.2, 0.25) is 0 Å². The summed E-state index contributed by atoms with van der Waals surface area (Å²) >= 11 is 1.82. The van der Waals surface area contributed by atoms with E-state index in [9.17, 15) is 0 Å². The lowest BCUT2D eigenvalue weighted by Gasteiger charge is -2.14. The highest BCUT2D eigenvalue weighted by Gasteiger charge is 2.05. The second-order valence-electron chi connectivity index (χ2n) is 5.08. The molecule has 0 amide bonds. The van der Waals surface area contributed by atoms with Crippen molar-refractivity contribution in [3.05, 3.63) is 51.2 Å². The molecule has 2 aromatic rings. The zero-order chi connectivity index (χ0) is 14.4. The van der Waals surface area contributed by atoms with E-state index in [2.05, 4.69) is 55.7 Å². The SMILES string of the molecule is Cc1ccc(C)c(OCCNCCc2cccs2)c1C. The van der Waals surface area contributed by atoms with Crippen LogP contribution in [-0.2, 0) is 6.42 Å². The number of thiophene rings is 1. The highest BCUT2D eigenvalue weighted by molar-refractivity contribution is 7.09. The average molecular weight is 289 g/mol. The summed E-state index contributed by atoms with van der Waals surface area (Å²) < 4.78 is 5.93. The Morgan fingerprint density at radius 2 is 1.85 bits per heavy atom. The molecule has 3 heteroatoms. The zero-order valence-corrected chi connectivity index (χ0v) is 13.3. The molecular formula is C17H23NOS. The Bertz CT molecular complexity index is 534. The Balaban J connectivity index is 1.70. The minimum atomic E-state index is 0.718. The molecule has 1 aromatic carbocycles. The van der Waals surface area contributed by atoms with Crippen LogP contribution < -0.4 is 10.1 Å². The first-order valence-corrected chi connectivity index (χ1v) is 7.99. The maximum Gasteiger partial charge on any atom is 0.125 e. The summed E-state index contributed by atoms with van der Waals surface area (Å²) in [6.07, 6.45) is 1.10. The van der Waals surface area contributed by atoms with E-state index in [1.165, 1.54) is 21.6 Å². The summed E-state index contributed by atoms with van der Waals surface area (Å²) in [7, 11) is 0. The first-order chi connectivity index (χ1) is 9.68. The second kappa shape index (κ2) is 7.46. The van der Waals surface area contributed by atoms with E-state index in [1.54, 1.807) is 0 Å². The predicted molar refractivity (Wildman–Crippen MR) is 87.0 cm³/mol. The van der Waals surface area contributed by atoms with Gasteiger partial charge in [0.05, 0.1) is 0 Å². The Morgan fingerprint density at radius 1 is 1.05 bits per heavy atom. The molecule has 2 rings (SSSR count). The van der Waals surface area contributed by atoms with E-state index >= 15 is 0 Å². The number of ether oxygens (including phenoxy) is 1. The number of nitrogens with one attached hydrogen (secondary N) is 1. The van der Waals surface area contributed by atoms with Crippen LogP contribution in [0.2, 0.25) is 0 Å². The van der Waals surface area contributed by atoms with Crippen LogP contribution in [0.4, 0.5) is 0 Å². The van der Waals surface area contributed by atoms with Gasteiger partial charge in [-0.3, -0.25) is 0 Å². The second-order valence-corrected chi connectivity index (χ2v) is 6.11. The quantitative estimate of drug-likeness (QED) is 0.781. The molecule has 0 fully saturated rings. The van der Waals surface area contributed by atoms with Gasteiger partial charge >= 0.3 is 0 Å². The topological polar surface area (TPSA) is 21.3 Å². The van der Waals surface area contributed by atoms with Gasteiger partial charge in [-0.05, 0) is 55.3 Å². The van der Waals surface area contributed by atoms with Gasteiger partial charge in [0.1, 0.15) is 12.4 Å². The van der Waals surface area contributed by atoms with Crippen LogP contribution in [0, 0.1) is 20.8 Å². The molecular weight excluding hydrogens is 266 g/mol. The van der Waals surface area contributed by atoms with E-state index in [4.69, 9.17) is 4.74 Å². The van der Waals surface area contributed by atoms with Crippen molar-refractivity contribution in [2.75, 3.05) is 19.7 Å². The minimum absolute atomic E-state index is 0.718. The maximum absolute atomic E-state index is 5.93. The Kier molecular flexibility index (Phi) is 5.62. The van der Waals surface area contributed by atoms with Gasteiger partial charge in [-0.1, -0.05) is 18.2 Å². The minimum Gasteiger partial charge on any atom is -0.492 e. The fourth-order valence-corrected chi connectivity index (χ4v) is 2.87. The molecule has 0 saturated heterocycles. The number of rotatable bonds is 7. The molecule has 0 aliphatic carbocycles. The summed E-state index contributed by atoms with van der Waals surface area (Å²) in [4.78, 5) is 1.43. The third-order valence-electron chi connectivity index (χ3n) is 3.53. The van der Waals surface area contributed by atoms with Crippen molar-refractivity contribution in [1.82, 2.24) is 5.32 Å². The van der Waals surface area contributed by atoms with Crippen molar-refractivity contribution in [2.24, 2.45) is 0 Å². The molecule has 1 N–H and O–H groups in total. The van der Waals surface area contributed by atoms with Gasteiger partial charge in [0.25, 0.3) is 0 Å². The summed E-state index contributed by atoms with van der Waals surface area (Å²) in [5, 5.41) is 5.56. The Hall–Kier alpha value is -1.32. The van der Waals surface area contributed by atoms with E-state index in [1.807, 2.05) is 11.3 Å². The van der Waals surface area contributed by atoms with E-state index in [-0.39, 0.29) is 0 Å². The van der Waals surface area contributed by atoms with Crippen molar-refractivity contribution in [3.8, 4) is 5.75 Å². The fraction of sp³-hybridized carbons (Fsp3) is 0.412. The number of aryl methyl sites for hydroxylation is 2. The monoisotopic (exact) mass is 289 g/mol. The first kappa shape index (κ1) is 15.1. The summed E-state index contributed by atoms with van der Waals surface area (Å²) in [6, 6.07) is 8.56. The number of hydrogen-bond acceptors (Lipinski definition) is 3. The molecule has 0 bridgehead atoms. The van der Waals surface area contributed by atoms with Crippen LogP contribution in [0.3, 0.4) is 0 Å². The van der Waals surface area contributed by atoms with Gasteiger partial charge in [-0.15, -0.1) is 11.3 Å². The highest BCUT2D eigenvalue weighted by atomic mass is 32.1. The molecule has 0 unspecified atom stereocenters. The van der Waals surface area contributed by atoms with Crippen molar-refractivity contribution < 1.29 is 4.74 Å². The third kappa shape index (κ3) is 4.09. The third-order valence-corrected chi connectivity index (χ3v) is 4.46. The molecule has 108 valence electrons. The van der Waals surface area contributed by atoms with Crippen LogP contribution in [0.25, 0.3) is 0 Å². The average Bonchev–Trinajstić information content (AvgIpc) is 2.94. The van der Waals surface area contributed by atoms with Crippen LogP contribution >= 0.6 is 11.3 Å². The molecule has 0 spiro atoms. The molecule has 2 nitrogen and oxygen atoms in total. The summed E-state index contributed by atoms with van der Waals surface area (Å²) in [5.41, 5.74) is 3.76. The van der Waals surface area contributed by atoms with Gasteiger partial charge in [0.15, 0.2) is 0 Å². The van der Waals surface area contributed by atoms with Crippen molar-refractivity contribution >= 4 is 11.3 Å². The van der Waals surface area contributed by atoms with Gasteiger partial charge in [-0.2, -0.15) is 0 Å². The van der Waals surface area contributed by atoms with E-state index in [0.29, 0.717) is 0 Å². The normalized spacial score (nSPS) is 10.8. The van der Waals surface area contributed by atoms with Gasteiger partial charge < -0.3 is 10.1 Å². The van der Waals surface area contributed by atoms with Crippen molar-refractivity contribution in [2.45, 2.75) is 27.2 Å².